The third-order valence-corrected chi connectivity index (χ3v) is 4.30. The minimum atomic E-state index is -0.00627. The molecule has 2 N–H and O–H groups in total. The molecule has 1 fully saturated rings. The van der Waals surface area contributed by atoms with Crippen molar-refractivity contribution in [2.24, 2.45) is 23.5 Å². The molecule has 2 heteroatoms. The quantitative estimate of drug-likeness (QED) is 0.757. The van der Waals surface area contributed by atoms with Crippen LogP contribution in [-0.2, 0) is 4.74 Å². The first-order chi connectivity index (χ1) is 6.52. The highest BCUT2D eigenvalue weighted by molar-refractivity contribution is 4.98. The average Bonchev–Trinajstić information content (AvgIpc) is 2.14. The molecule has 4 unspecified atom stereocenters. The van der Waals surface area contributed by atoms with Crippen LogP contribution in [0.4, 0.5) is 0 Å². The molecule has 1 saturated carbocycles. The maximum atomic E-state index is 6.54. The van der Waals surface area contributed by atoms with E-state index in [1.807, 2.05) is 0 Å². The lowest BCUT2D eigenvalue weighted by molar-refractivity contribution is 0.0431. The van der Waals surface area contributed by atoms with Crippen molar-refractivity contribution in [3.05, 3.63) is 0 Å². The Morgan fingerprint density at radius 2 is 2.14 bits per heavy atom. The van der Waals surface area contributed by atoms with Gasteiger partial charge in [-0.2, -0.15) is 0 Å². The van der Waals surface area contributed by atoms with E-state index in [4.69, 9.17) is 10.5 Å². The SMILES string of the molecule is COCC(C)C1(N)CCCC(C)C1C. The zero-order valence-electron chi connectivity index (χ0n) is 10.0. The molecule has 14 heavy (non-hydrogen) atoms. The largest absolute Gasteiger partial charge is 0.384 e. The van der Waals surface area contributed by atoms with E-state index >= 15 is 0 Å². The Kier molecular flexibility index (Phi) is 3.96. The van der Waals surface area contributed by atoms with Crippen LogP contribution in [0.2, 0.25) is 0 Å². The van der Waals surface area contributed by atoms with Gasteiger partial charge >= 0.3 is 0 Å². The van der Waals surface area contributed by atoms with Gasteiger partial charge in [0.25, 0.3) is 0 Å². The molecule has 0 aliphatic heterocycles. The van der Waals surface area contributed by atoms with Gasteiger partial charge in [0, 0.05) is 12.6 Å². The summed E-state index contributed by atoms with van der Waals surface area (Å²) >= 11 is 0. The van der Waals surface area contributed by atoms with Crippen LogP contribution in [0, 0.1) is 17.8 Å². The lowest BCUT2D eigenvalue weighted by Crippen LogP contribution is -2.56. The first-order valence-corrected chi connectivity index (χ1v) is 5.80. The van der Waals surface area contributed by atoms with Crippen molar-refractivity contribution in [2.75, 3.05) is 13.7 Å². The lowest BCUT2D eigenvalue weighted by atomic mass is 9.64. The average molecular weight is 199 g/mol. The predicted molar refractivity (Wildman–Crippen MR) is 60.1 cm³/mol. The Morgan fingerprint density at radius 1 is 1.50 bits per heavy atom. The molecular formula is C12H25NO. The summed E-state index contributed by atoms with van der Waals surface area (Å²) in [5.74, 6) is 1.83. The van der Waals surface area contributed by atoms with Gasteiger partial charge in [-0.15, -0.1) is 0 Å². The van der Waals surface area contributed by atoms with E-state index < -0.39 is 0 Å². The Balaban J connectivity index is 2.69. The molecule has 0 aromatic heterocycles. The Bertz CT molecular complexity index is 183. The van der Waals surface area contributed by atoms with Crippen molar-refractivity contribution in [3.63, 3.8) is 0 Å². The fourth-order valence-electron chi connectivity index (χ4n) is 2.84. The number of ether oxygens (including phenoxy) is 1. The van der Waals surface area contributed by atoms with Crippen molar-refractivity contribution in [2.45, 2.75) is 45.6 Å². The number of methoxy groups -OCH3 is 1. The molecule has 0 aromatic rings. The van der Waals surface area contributed by atoms with Gasteiger partial charge in [0.05, 0.1) is 6.61 Å². The molecule has 0 bridgehead atoms. The van der Waals surface area contributed by atoms with E-state index in [0.717, 1.165) is 18.9 Å². The number of hydrogen-bond donors (Lipinski definition) is 1. The van der Waals surface area contributed by atoms with E-state index in [1.165, 1.54) is 12.8 Å². The Morgan fingerprint density at radius 3 is 2.71 bits per heavy atom. The second kappa shape index (κ2) is 4.63. The molecule has 4 atom stereocenters. The minimum Gasteiger partial charge on any atom is -0.384 e. The zero-order chi connectivity index (χ0) is 10.8. The lowest BCUT2D eigenvalue weighted by Gasteiger charge is -2.47. The van der Waals surface area contributed by atoms with E-state index in [0.29, 0.717) is 11.8 Å². The fraction of sp³-hybridized carbons (Fsp3) is 1.00. The van der Waals surface area contributed by atoms with Crippen LogP contribution in [0.1, 0.15) is 40.0 Å². The Labute approximate surface area is 88.2 Å². The topological polar surface area (TPSA) is 35.2 Å². The summed E-state index contributed by atoms with van der Waals surface area (Å²) in [4.78, 5) is 0. The molecule has 0 aromatic carbocycles. The van der Waals surface area contributed by atoms with Crippen molar-refractivity contribution in [1.82, 2.24) is 0 Å². The highest BCUT2D eigenvalue weighted by Crippen LogP contribution is 2.40. The summed E-state index contributed by atoms with van der Waals surface area (Å²) in [6, 6.07) is 0. The molecule has 0 spiro atoms. The van der Waals surface area contributed by atoms with Gasteiger partial charge in [0.15, 0.2) is 0 Å². The molecule has 0 heterocycles. The summed E-state index contributed by atoms with van der Waals surface area (Å²) < 4.78 is 5.23. The molecule has 1 aliphatic rings. The van der Waals surface area contributed by atoms with Gasteiger partial charge < -0.3 is 10.5 Å². The highest BCUT2D eigenvalue weighted by Gasteiger charge is 2.41. The van der Waals surface area contributed by atoms with Crippen molar-refractivity contribution < 1.29 is 4.74 Å². The standard InChI is InChI=1S/C12H25NO/c1-9-6-5-7-12(13,11(9)3)10(2)8-14-4/h9-11H,5-8,13H2,1-4H3. The first kappa shape index (κ1) is 12.0. The molecule has 0 amide bonds. The van der Waals surface area contributed by atoms with E-state index in [-0.39, 0.29) is 5.54 Å². The summed E-state index contributed by atoms with van der Waals surface area (Å²) in [6.07, 6.45) is 3.76. The van der Waals surface area contributed by atoms with E-state index in [1.54, 1.807) is 7.11 Å². The summed E-state index contributed by atoms with van der Waals surface area (Å²) in [6.45, 7) is 7.63. The molecule has 1 rings (SSSR count). The number of rotatable bonds is 3. The van der Waals surface area contributed by atoms with Crippen molar-refractivity contribution in [3.8, 4) is 0 Å². The molecule has 1 aliphatic carbocycles. The molecular weight excluding hydrogens is 174 g/mol. The van der Waals surface area contributed by atoms with Crippen LogP contribution in [0.25, 0.3) is 0 Å². The zero-order valence-corrected chi connectivity index (χ0v) is 10.0. The normalized spacial score (nSPS) is 40.9. The highest BCUT2D eigenvalue weighted by atomic mass is 16.5. The van der Waals surface area contributed by atoms with Crippen molar-refractivity contribution in [1.29, 1.82) is 0 Å². The number of nitrogens with two attached hydrogens (primary N) is 1. The summed E-state index contributed by atoms with van der Waals surface area (Å²) in [5.41, 5.74) is 6.54. The maximum absolute atomic E-state index is 6.54. The van der Waals surface area contributed by atoms with Gasteiger partial charge in [-0.1, -0.05) is 33.6 Å². The first-order valence-electron chi connectivity index (χ1n) is 5.80. The van der Waals surface area contributed by atoms with Gasteiger partial charge in [-0.05, 0) is 24.2 Å². The second-order valence-electron chi connectivity index (χ2n) is 5.13. The van der Waals surface area contributed by atoms with Crippen molar-refractivity contribution >= 4 is 0 Å². The van der Waals surface area contributed by atoms with Crippen LogP contribution in [-0.4, -0.2) is 19.3 Å². The monoisotopic (exact) mass is 199 g/mol. The van der Waals surface area contributed by atoms with Gasteiger partial charge in [-0.25, -0.2) is 0 Å². The summed E-state index contributed by atoms with van der Waals surface area (Å²) in [5, 5.41) is 0. The minimum absolute atomic E-state index is 0.00627. The fourth-order valence-corrected chi connectivity index (χ4v) is 2.84. The third-order valence-electron chi connectivity index (χ3n) is 4.30. The van der Waals surface area contributed by atoms with E-state index in [9.17, 15) is 0 Å². The Hall–Kier alpha value is -0.0800. The smallest absolute Gasteiger partial charge is 0.0505 e. The maximum Gasteiger partial charge on any atom is 0.0505 e. The van der Waals surface area contributed by atoms with Gasteiger partial charge in [-0.3, -0.25) is 0 Å². The van der Waals surface area contributed by atoms with E-state index in [2.05, 4.69) is 20.8 Å². The van der Waals surface area contributed by atoms with Gasteiger partial charge in [0.1, 0.15) is 0 Å². The molecule has 84 valence electrons. The molecule has 0 radical (unpaired) electrons. The van der Waals surface area contributed by atoms with Gasteiger partial charge in [0.2, 0.25) is 0 Å². The second-order valence-corrected chi connectivity index (χ2v) is 5.13. The number of hydrogen-bond acceptors (Lipinski definition) is 2. The van der Waals surface area contributed by atoms with Crippen LogP contribution in [0.5, 0.6) is 0 Å². The third kappa shape index (κ3) is 2.12. The van der Waals surface area contributed by atoms with Crippen LogP contribution < -0.4 is 5.73 Å². The molecule has 2 nitrogen and oxygen atoms in total. The van der Waals surface area contributed by atoms with Crippen LogP contribution >= 0.6 is 0 Å². The van der Waals surface area contributed by atoms with Crippen LogP contribution in [0.3, 0.4) is 0 Å². The summed E-state index contributed by atoms with van der Waals surface area (Å²) in [7, 11) is 1.76. The molecule has 0 saturated heterocycles. The van der Waals surface area contributed by atoms with Crippen LogP contribution in [0.15, 0.2) is 0 Å². The predicted octanol–water partition coefficient (Wildman–Crippen LogP) is 2.42.